The van der Waals surface area contributed by atoms with E-state index in [9.17, 15) is 8.42 Å². The summed E-state index contributed by atoms with van der Waals surface area (Å²) in [6, 6.07) is 35.5. The Bertz CT molecular complexity index is 1980. The molecule has 0 fully saturated rings. The lowest BCUT2D eigenvalue weighted by Gasteiger charge is -2.13. The summed E-state index contributed by atoms with van der Waals surface area (Å²) in [5, 5.41) is 2.08. The lowest BCUT2D eigenvalue weighted by Crippen LogP contribution is -2.02. The van der Waals surface area contributed by atoms with Gasteiger partial charge < -0.3 is 9.30 Å². The highest BCUT2D eigenvalue weighted by molar-refractivity contribution is 8.19. The van der Waals surface area contributed by atoms with Crippen molar-refractivity contribution in [3.63, 3.8) is 0 Å². The average molecular weight is 640 g/mol. The Kier molecular flexibility index (Phi) is 8.45. The van der Waals surface area contributed by atoms with E-state index in [-0.39, 0.29) is 4.90 Å². The number of benzene rings is 3. The highest BCUT2D eigenvalue weighted by Crippen LogP contribution is 2.40. The van der Waals surface area contributed by atoms with Crippen molar-refractivity contribution in [3.05, 3.63) is 135 Å². The van der Waals surface area contributed by atoms with E-state index in [1.807, 2.05) is 68.4 Å². The number of sulfone groups is 1. The van der Waals surface area contributed by atoms with Crippen LogP contribution in [0, 0.1) is 13.8 Å². The van der Waals surface area contributed by atoms with Crippen molar-refractivity contribution in [1.29, 1.82) is 0 Å². The number of thiophene rings is 2. The van der Waals surface area contributed by atoms with Crippen molar-refractivity contribution in [2.75, 3.05) is 7.11 Å². The maximum atomic E-state index is 13.9. The number of methoxy groups -OCH3 is 1. The van der Waals surface area contributed by atoms with E-state index in [0.29, 0.717) is 4.24 Å². The topological polar surface area (TPSA) is 48.3 Å². The van der Waals surface area contributed by atoms with Crippen LogP contribution in [0.3, 0.4) is 0 Å². The fourth-order valence-electron chi connectivity index (χ4n) is 4.66. The van der Waals surface area contributed by atoms with Gasteiger partial charge in [0.25, 0.3) is 0 Å². The Morgan fingerprint density at radius 1 is 0.767 bits per heavy atom. The van der Waals surface area contributed by atoms with Gasteiger partial charge in [-0.05, 0) is 104 Å². The monoisotopic (exact) mass is 639 g/mol. The molecular weight excluding hydrogens is 611 g/mol. The highest BCUT2D eigenvalue weighted by atomic mass is 32.3. The third-order valence-corrected chi connectivity index (χ3v) is 12.2. The third-order valence-electron chi connectivity index (χ3n) is 6.96. The van der Waals surface area contributed by atoms with Gasteiger partial charge in [0.2, 0.25) is 9.84 Å². The molecule has 0 aliphatic carbocycles. The molecule has 8 heteroatoms. The summed E-state index contributed by atoms with van der Waals surface area (Å²) >= 11 is 4.54. The second-order valence-electron chi connectivity index (χ2n) is 10.0. The smallest absolute Gasteiger partial charge is 0.212 e. The number of ether oxygens (including phenoxy) is 1. The maximum Gasteiger partial charge on any atom is 0.212 e. The molecule has 3 aromatic heterocycles. The molecule has 0 radical (unpaired) electrons. The average Bonchev–Trinajstić information content (AvgIpc) is 3.79. The Balaban J connectivity index is 1.43. The lowest BCUT2D eigenvalue weighted by molar-refractivity contribution is 0.415. The first kappa shape index (κ1) is 29.3. The van der Waals surface area contributed by atoms with Crippen LogP contribution in [0.25, 0.3) is 32.9 Å². The molecule has 0 aliphatic rings. The maximum absolute atomic E-state index is 13.9. The molecule has 0 aliphatic heterocycles. The fourth-order valence-corrected chi connectivity index (χ4v) is 9.23. The zero-order valence-electron chi connectivity index (χ0n) is 23.9. The van der Waals surface area contributed by atoms with Crippen LogP contribution in [-0.2, 0) is 9.84 Å². The summed E-state index contributed by atoms with van der Waals surface area (Å²) in [4.78, 5) is 4.23. The van der Waals surface area contributed by atoms with Gasteiger partial charge in [-0.1, -0.05) is 53.2 Å². The summed E-state index contributed by atoms with van der Waals surface area (Å²) in [5.74, 6) is 0.798. The van der Waals surface area contributed by atoms with E-state index in [1.165, 1.54) is 16.6 Å². The highest BCUT2D eigenvalue weighted by Gasteiger charge is 2.23. The molecule has 4 nitrogen and oxygen atoms in total. The van der Waals surface area contributed by atoms with Gasteiger partial charge in [-0.25, -0.2) is 8.42 Å². The third kappa shape index (κ3) is 6.28. The number of nitrogens with zero attached hydrogens (tertiary/aromatic N) is 1. The van der Waals surface area contributed by atoms with Crippen LogP contribution >= 0.6 is 34.4 Å². The largest absolute Gasteiger partial charge is 0.497 e. The number of thioether (sulfide) groups is 1. The molecule has 0 bridgehead atoms. The van der Waals surface area contributed by atoms with Gasteiger partial charge >= 0.3 is 0 Å². The number of aryl methyl sites for hydroxylation is 2. The van der Waals surface area contributed by atoms with E-state index in [0.717, 1.165) is 48.6 Å². The summed E-state index contributed by atoms with van der Waals surface area (Å²) in [7, 11) is -2.08. The minimum absolute atomic E-state index is 0.287. The summed E-state index contributed by atoms with van der Waals surface area (Å²) in [6.07, 6.45) is 1.80. The van der Waals surface area contributed by atoms with E-state index >= 15 is 0 Å². The van der Waals surface area contributed by atoms with Gasteiger partial charge in [-0.3, -0.25) is 0 Å². The minimum Gasteiger partial charge on any atom is -0.497 e. The SMILES string of the molecule is COc1ccc(-n2c(-c3cccs3)ccc2-c2ccc(/C=C(\Sc3ccc(C)cc3)S(=O)(=O)c3ccc(C)cc3)s2)cc1. The predicted octanol–water partition coefficient (Wildman–Crippen LogP) is 10.1. The molecule has 0 saturated carbocycles. The molecule has 0 saturated heterocycles. The second-order valence-corrected chi connectivity index (χ2v) is 15.4. The Morgan fingerprint density at radius 3 is 2.05 bits per heavy atom. The molecule has 3 aromatic carbocycles. The molecule has 0 N–H and O–H groups in total. The quantitative estimate of drug-likeness (QED) is 0.148. The Hall–Kier alpha value is -3.82. The van der Waals surface area contributed by atoms with Crippen molar-refractivity contribution >= 4 is 50.3 Å². The molecule has 0 amide bonds. The van der Waals surface area contributed by atoms with Gasteiger partial charge in [0.15, 0.2) is 0 Å². The van der Waals surface area contributed by atoms with E-state index < -0.39 is 9.84 Å². The summed E-state index contributed by atoms with van der Waals surface area (Å²) < 4.78 is 35.8. The fraction of sp³-hybridized carbons (Fsp3) is 0.0857. The summed E-state index contributed by atoms with van der Waals surface area (Å²) in [5.41, 5.74) is 5.29. The first-order chi connectivity index (χ1) is 20.8. The van der Waals surface area contributed by atoms with Crippen LogP contribution < -0.4 is 4.74 Å². The van der Waals surface area contributed by atoms with E-state index in [1.54, 1.807) is 48.0 Å². The van der Waals surface area contributed by atoms with Crippen molar-refractivity contribution in [2.24, 2.45) is 0 Å². The van der Waals surface area contributed by atoms with Crippen molar-refractivity contribution in [3.8, 4) is 32.6 Å². The molecule has 0 unspecified atom stereocenters. The van der Waals surface area contributed by atoms with Crippen LogP contribution in [0.15, 0.2) is 129 Å². The molecule has 6 rings (SSSR count). The number of aromatic nitrogens is 1. The zero-order valence-corrected chi connectivity index (χ0v) is 27.1. The van der Waals surface area contributed by atoms with Gasteiger partial charge in [0.1, 0.15) is 9.99 Å². The molecule has 3 heterocycles. The van der Waals surface area contributed by atoms with Gasteiger partial charge in [0, 0.05) is 15.5 Å². The molecule has 216 valence electrons. The van der Waals surface area contributed by atoms with Crippen LogP contribution in [-0.4, -0.2) is 20.1 Å². The van der Waals surface area contributed by atoms with Gasteiger partial charge in [-0.15, -0.1) is 22.7 Å². The van der Waals surface area contributed by atoms with E-state index in [2.05, 4.69) is 52.4 Å². The standard InChI is InChI=1S/C35H29NO3S4/c1-24-6-14-28(15-7-24)42-35(43(37,38)30-17-8-25(2)9-18-30)23-29-16-21-34(41-29)32-20-19-31(33-5-4-22-40-33)36(32)26-10-12-27(39-3)13-11-26/h4-23H,1-3H3/b35-23+. The van der Waals surface area contributed by atoms with Crippen molar-refractivity contribution in [2.45, 2.75) is 23.6 Å². The van der Waals surface area contributed by atoms with Gasteiger partial charge in [-0.2, -0.15) is 0 Å². The first-order valence-electron chi connectivity index (χ1n) is 13.6. The Morgan fingerprint density at radius 2 is 1.42 bits per heavy atom. The molecule has 0 spiro atoms. The van der Waals surface area contributed by atoms with Gasteiger partial charge in [0.05, 0.1) is 33.1 Å². The number of hydrogen-bond donors (Lipinski definition) is 0. The second kappa shape index (κ2) is 12.4. The van der Waals surface area contributed by atoms with Crippen LogP contribution in [0.1, 0.15) is 16.0 Å². The minimum atomic E-state index is -3.75. The van der Waals surface area contributed by atoms with Crippen LogP contribution in [0.2, 0.25) is 0 Å². The normalized spacial score (nSPS) is 12.0. The molecule has 0 atom stereocenters. The Labute approximate surface area is 264 Å². The lowest BCUT2D eigenvalue weighted by atomic mass is 10.2. The summed E-state index contributed by atoms with van der Waals surface area (Å²) in [6.45, 7) is 3.97. The van der Waals surface area contributed by atoms with Crippen molar-refractivity contribution < 1.29 is 13.2 Å². The van der Waals surface area contributed by atoms with Crippen LogP contribution in [0.4, 0.5) is 0 Å². The molecular formula is C35H29NO3S4. The molecule has 43 heavy (non-hydrogen) atoms. The molecule has 6 aromatic rings. The van der Waals surface area contributed by atoms with Crippen LogP contribution in [0.5, 0.6) is 5.75 Å². The van der Waals surface area contributed by atoms with Crippen molar-refractivity contribution in [1.82, 2.24) is 4.57 Å². The van der Waals surface area contributed by atoms with E-state index in [4.69, 9.17) is 4.74 Å². The number of hydrogen-bond acceptors (Lipinski definition) is 6. The zero-order chi connectivity index (χ0) is 30.0. The predicted molar refractivity (Wildman–Crippen MR) is 182 cm³/mol. The first-order valence-corrected chi connectivity index (χ1v) is 17.6. The number of rotatable bonds is 9.